The summed E-state index contributed by atoms with van der Waals surface area (Å²) in [5.41, 5.74) is 4.51. The van der Waals surface area contributed by atoms with E-state index in [4.69, 9.17) is 14.5 Å². The number of esters is 1. The lowest BCUT2D eigenvalue weighted by molar-refractivity contribution is -0.139. The number of carbonyl (C=O) groups is 1. The monoisotopic (exact) mass is 551 g/mol. The topological polar surface area (TPSA) is 74.8 Å². The molecular weight excluding hydrogens is 522 g/mol. The van der Waals surface area contributed by atoms with Gasteiger partial charge in [0.25, 0.3) is 5.56 Å². The summed E-state index contributed by atoms with van der Waals surface area (Å²) in [7, 11) is 3.62. The highest BCUT2D eigenvalue weighted by Crippen LogP contribution is 2.40. The summed E-state index contributed by atoms with van der Waals surface area (Å²) in [6, 6.07) is 19.1. The summed E-state index contributed by atoms with van der Waals surface area (Å²) in [4.78, 5) is 33.0. The van der Waals surface area contributed by atoms with Crippen LogP contribution in [0.4, 0.5) is 0 Å². The van der Waals surface area contributed by atoms with Crippen molar-refractivity contribution < 1.29 is 14.3 Å². The van der Waals surface area contributed by atoms with Gasteiger partial charge in [-0.1, -0.05) is 59.9 Å². The fourth-order valence-electron chi connectivity index (χ4n) is 5.66. The van der Waals surface area contributed by atoms with Crippen LogP contribution in [0.5, 0.6) is 5.75 Å². The fraction of sp³-hybridized carbons (Fsp3) is 0.219. The van der Waals surface area contributed by atoms with Gasteiger partial charge in [-0.15, -0.1) is 0 Å². The smallest absolute Gasteiger partial charge is 0.338 e. The molecule has 1 atom stereocenters. The van der Waals surface area contributed by atoms with Crippen molar-refractivity contribution >= 4 is 45.1 Å². The van der Waals surface area contributed by atoms with Crippen molar-refractivity contribution in [2.75, 3.05) is 13.7 Å². The lowest BCUT2D eigenvalue weighted by atomic mass is 9.90. The van der Waals surface area contributed by atoms with Crippen LogP contribution >= 0.6 is 11.3 Å². The van der Waals surface area contributed by atoms with E-state index in [1.165, 1.54) is 11.3 Å². The van der Waals surface area contributed by atoms with Gasteiger partial charge in [0.05, 0.1) is 29.5 Å². The van der Waals surface area contributed by atoms with E-state index in [1.54, 1.807) is 25.5 Å². The summed E-state index contributed by atoms with van der Waals surface area (Å²) in [5, 5.41) is 2.94. The van der Waals surface area contributed by atoms with E-state index in [0.717, 1.165) is 38.5 Å². The normalized spacial score (nSPS) is 15.4. The van der Waals surface area contributed by atoms with Gasteiger partial charge < -0.3 is 14.0 Å². The van der Waals surface area contributed by atoms with Crippen LogP contribution in [0, 0.1) is 6.92 Å². The molecule has 0 N–H and O–H groups in total. The second-order valence-electron chi connectivity index (χ2n) is 9.78. The highest BCUT2D eigenvalue weighted by Gasteiger charge is 2.36. The molecular formula is C32H29N3O4S. The van der Waals surface area contributed by atoms with E-state index in [0.29, 0.717) is 26.4 Å². The molecule has 0 aliphatic carbocycles. The Kier molecular flexibility index (Phi) is 6.43. The van der Waals surface area contributed by atoms with Gasteiger partial charge in [-0.3, -0.25) is 9.36 Å². The number of hydrogen-bond donors (Lipinski definition) is 0. The molecule has 3 aromatic carbocycles. The van der Waals surface area contributed by atoms with E-state index in [-0.39, 0.29) is 12.2 Å². The molecule has 0 saturated carbocycles. The molecule has 6 rings (SSSR count). The minimum absolute atomic E-state index is 0.208. The first-order chi connectivity index (χ1) is 19.3. The zero-order valence-electron chi connectivity index (χ0n) is 23.0. The highest BCUT2D eigenvalue weighted by atomic mass is 32.1. The molecule has 1 aliphatic heterocycles. The molecule has 0 amide bonds. The Morgan fingerprint density at radius 3 is 2.52 bits per heavy atom. The average Bonchev–Trinajstić information content (AvgIpc) is 3.40. The Morgan fingerprint density at radius 2 is 1.77 bits per heavy atom. The third kappa shape index (κ3) is 3.90. The van der Waals surface area contributed by atoms with Crippen LogP contribution in [0.2, 0.25) is 0 Å². The number of benzene rings is 3. The number of aromatic nitrogens is 2. The van der Waals surface area contributed by atoms with E-state index in [2.05, 4.69) is 23.6 Å². The summed E-state index contributed by atoms with van der Waals surface area (Å²) < 4.78 is 15.6. The Bertz CT molecular complexity index is 2040. The minimum atomic E-state index is -0.771. The number of rotatable bonds is 5. The number of hydrogen-bond acceptors (Lipinski definition) is 6. The Balaban J connectivity index is 1.69. The fourth-order valence-corrected chi connectivity index (χ4v) is 6.69. The first kappa shape index (κ1) is 25.8. The minimum Gasteiger partial charge on any atom is -0.496 e. The van der Waals surface area contributed by atoms with Crippen LogP contribution < -0.4 is 19.6 Å². The van der Waals surface area contributed by atoms with Crippen molar-refractivity contribution in [1.82, 2.24) is 9.13 Å². The number of para-hydroxylation sites is 1. The molecule has 5 aromatic rings. The average molecular weight is 552 g/mol. The van der Waals surface area contributed by atoms with E-state index in [9.17, 15) is 9.59 Å². The lowest BCUT2D eigenvalue weighted by Crippen LogP contribution is -2.40. The number of aryl methyl sites for hydroxylation is 1. The van der Waals surface area contributed by atoms with Crippen molar-refractivity contribution in [3.05, 3.63) is 108 Å². The quantitative estimate of drug-likeness (QED) is 0.295. The van der Waals surface area contributed by atoms with Gasteiger partial charge in [0.15, 0.2) is 4.80 Å². The SMILES string of the molecule is CCOC(=O)C1=C(C)N=c2sc(=Cc3c(C)n(C)c4ccccc34)c(=O)n2[C@H]1c1c(OC)ccc2ccccc12. The zero-order valence-corrected chi connectivity index (χ0v) is 23.8. The second-order valence-corrected chi connectivity index (χ2v) is 10.8. The van der Waals surface area contributed by atoms with E-state index in [1.807, 2.05) is 61.7 Å². The standard InChI is InChI=1S/C32H29N3O4S/c1-6-39-31(37)27-18(2)33-32-35(29(27)28-21-12-8-7-11-20(21)15-16-25(28)38-5)30(36)26(40-32)17-23-19(3)34(4)24-14-10-9-13-22(23)24/h7-17,29H,6H2,1-5H3/t29-/m1/s1. The summed E-state index contributed by atoms with van der Waals surface area (Å²) in [6.45, 7) is 5.82. The summed E-state index contributed by atoms with van der Waals surface area (Å²) in [5.74, 6) is 0.0857. The molecule has 3 heterocycles. The largest absolute Gasteiger partial charge is 0.496 e. The molecule has 0 radical (unpaired) electrons. The van der Waals surface area contributed by atoms with E-state index >= 15 is 0 Å². The molecule has 0 spiro atoms. The van der Waals surface area contributed by atoms with Gasteiger partial charge >= 0.3 is 5.97 Å². The van der Waals surface area contributed by atoms with Gasteiger partial charge in [-0.05, 0) is 49.8 Å². The van der Waals surface area contributed by atoms with Gasteiger partial charge in [0.2, 0.25) is 0 Å². The van der Waals surface area contributed by atoms with Gasteiger partial charge in [-0.2, -0.15) is 0 Å². The third-order valence-electron chi connectivity index (χ3n) is 7.66. The molecule has 7 nitrogen and oxygen atoms in total. The first-order valence-corrected chi connectivity index (χ1v) is 14.0. The number of nitrogens with zero attached hydrogens (tertiary/aromatic N) is 3. The van der Waals surface area contributed by atoms with Crippen molar-refractivity contribution in [1.29, 1.82) is 0 Å². The van der Waals surface area contributed by atoms with Gasteiger partial charge in [-0.25, -0.2) is 9.79 Å². The third-order valence-corrected chi connectivity index (χ3v) is 8.65. The van der Waals surface area contributed by atoms with Crippen molar-refractivity contribution in [2.45, 2.75) is 26.8 Å². The number of ether oxygens (including phenoxy) is 2. The molecule has 0 saturated heterocycles. The maximum absolute atomic E-state index is 14.3. The summed E-state index contributed by atoms with van der Waals surface area (Å²) in [6.07, 6.45) is 1.95. The molecule has 0 unspecified atom stereocenters. The maximum atomic E-state index is 14.3. The van der Waals surface area contributed by atoms with Crippen LogP contribution in [0.3, 0.4) is 0 Å². The number of allylic oxidation sites excluding steroid dienone is 1. The van der Waals surface area contributed by atoms with Crippen LogP contribution in [-0.2, 0) is 16.6 Å². The van der Waals surface area contributed by atoms with Crippen molar-refractivity contribution in [3.8, 4) is 5.75 Å². The van der Waals surface area contributed by atoms with Crippen LogP contribution in [0.25, 0.3) is 27.8 Å². The van der Waals surface area contributed by atoms with Gasteiger partial charge in [0.1, 0.15) is 11.8 Å². The predicted molar refractivity (Wildman–Crippen MR) is 159 cm³/mol. The summed E-state index contributed by atoms with van der Waals surface area (Å²) >= 11 is 1.32. The molecule has 202 valence electrons. The number of thiazole rings is 1. The van der Waals surface area contributed by atoms with Crippen LogP contribution in [0.15, 0.2) is 81.7 Å². The highest BCUT2D eigenvalue weighted by molar-refractivity contribution is 7.07. The molecule has 40 heavy (non-hydrogen) atoms. The molecule has 2 aromatic heterocycles. The Hall–Kier alpha value is -4.43. The zero-order chi connectivity index (χ0) is 28.1. The van der Waals surface area contributed by atoms with Crippen LogP contribution in [-0.4, -0.2) is 28.8 Å². The number of fused-ring (bicyclic) bond motifs is 3. The molecule has 8 heteroatoms. The predicted octanol–water partition coefficient (Wildman–Crippen LogP) is 4.76. The Labute approximate surface area is 234 Å². The van der Waals surface area contributed by atoms with Crippen molar-refractivity contribution in [3.63, 3.8) is 0 Å². The van der Waals surface area contributed by atoms with Gasteiger partial charge in [0, 0.05) is 34.8 Å². The van der Waals surface area contributed by atoms with Crippen LogP contribution in [0.1, 0.15) is 36.7 Å². The number of methoxy groups -OCH3 is 1. The number of carbonyl (C=O) groups excluding carboxylic acids is 1. The molecule has 1 aliphatic rings. The maximum Gasteiger partial charge on any atom is 0.338 e. The molecule has 0 bridgehead atoms. The van der Waals surface area contributed by atoms with Crippen molar-refractivity contribution in [2.24, 2.45) is 12.0 Å². The second kappa shape index (κ2) is 9.95. The lowest BCUT2D eigenvalue weighted by Gasteiger charge is -2.27. The Morgan fingerprint density at radius 1 is 1.05 bits per heavy atom. The first-order valence-electron chi connectivity index (χ1n) is 13.1. The van der Waals surface area contributed by atoms with E-state index < -0.39 is 12.0 Å². The molecule has 0 fully saturated rings.